The summed E-state index contributed by atoms with van der Waals surface area (Å²) in [6, 6.07) is 0.260. The maximum Gasteiger partial charge on any atom is 0.191 e. The quantitative estimate of drug-likeness (QED) is 0.354. The maximum absolute atomic E-state index is 5.29. The summed E-state index contributed by atoms with van der Waals surface area (Å²) < 4.78 is 10.4. The molecule has 0 rings (SSSR count). The number of hydrogen-bond acceptors (Lipinski definition) is 3. The first-order valence-corrected chi connectivity index (χ1v) is 6.86. The van der Waals surface area contributed by atoms with Gasteiger partial charge in [0.1, 0.15) is 0 Å². The Bertz CT molecular complexity index is 210. The lowest BCUT2D eigenvalue weighted by Gasteiger charge is -2.16. The van der Waals surface area contributed by atoms with Gasteiger partial charge in [0.05, 0.1) is 6.61 Å². The Labute approximate surface area is 111 Å². The van der Waals surface area contributed by atoms with E-state index >= 15 is 0 Å². The van der Waals surface area contributed by atoms with Crippen molar-refractivity contribution in [3.8, 4) is 0 Å². The monoisotopic (exact) mass is 259 g/mol. The van der Waals surface area contributed by atoms with E-state index in [0.29, 0.717) is 6.61 Å². The standard InChI is InChI=1S/C13H29N3O2/c1-5-14-13(16-12(3)11-17-4)15-9-7-8-10-18-6-2/h12H,5-11H2,1-4H3,(H2,14,15,16). The average molecular weight is 259 g/mol. The Kier molecular flexibility index (Phi) is 12.1. The van der Waals surface area contributed by atoms with Gasteiger partial charge in [-0.25, -0.2) is 0 Å². The molecule has 0 aromatic carbocycles. The first-order valence-electron chi connectivity index (χ1n) is 6.86. The van der Waals surface area contributed by atoms with Crippen LogP contribution in [0.3, 0.4) is 0 Å². The number of ether oxygens (including phenoxy) is 2. The lowest BCUT2D eigenvalue weighted by molar-refractivity contribution is 0.144. The second-order valence-corrected chi connectivity index (χ2v) is 4.17. The van der Waals surface area contributed by atoms with Gasteiger partial charge in [-0.15, -0.1) is 0 Å². The van der Waals surface area contributed by atoms with E-state index < -0.39 is 0 Å². The Morgan fingerprint density at radius 1 is 1.28 bits per heavy atom. The van der Waals surface area contributed by atoms with Crippen molar-refractivity contribution in [2.75, 3.05) is 40.0 Å². The van der Waals surface area contributed by atoms with Gasteiger partial charge in [-0.2, -0.15) is 0 Å². The van der Waals surface area contributed by atoms with Crippen LogP contribution in [0.15, 0.2) is 4.99 Å². The highest BCUT2D eigenvalue weighted by Crippen LogP contribution is 1.91. The number of methoxy groups -OCH3 is 1. The van der Waals surface area contributed by atoms with Gasteiger partial charge in [0.15, 0.2) is 5.96 Å². The fourth-order valence-electron chi connectivity index (χ4n) is 1.50. The van der Waals surface area contributed by atoms with E-state index in [-0.39, 0.29) is 6.04 Å². The molecule has 1 unspecified atom stereocenters. The summed E-state index contributed by atoms with van der Waals surface area (Å²) in [4.78, 5) is 4.52. The summed E-state index contributed by atoms with van der Waals surface area (Å²) in [5, 5.41) is 6.53. The molecule has 0 fully saturated rings. The molecule has 0 saturated heterocycles. The van der Waals surface area contributed by atoms with Crippen molar-refractivity contribution in [1.82, 2.24) is 10.6 Å². The average Bonchev–Trinajstić information content (AvgIpc) is 2.34. The smallest absolute Gasteiger partial charge is 0.191 e. The van der Waals surface area contributed by atoms with Crippen LogP contribution >= 0.6 is 0 Å². The molecule has 0 radical (unpaired) electrons. The van der Waals surface area contributed by atoms with Crippen molar-refractivity contribution in [2.24, 2.45) is 4.99 Å². The Hall–Kier alpha value is -0.810. The Morgan fingerprint density at radius 2 is 2.06 bits per heavy atom. The zero-order chi connectivity index (χ0) is 13.6. The van der Waals surface area contributed by atoms with E-state index in [1.165, 1.54) is 0 Å². The fourth-order valence-corrected chi connectivity index (χ4v) is 1.50. The van der Waals surface area contributed by atoms with E-state index in [2.05, 4.69) is 29.5 Å². The molecule has 2 N–H and O–H groups in total. The third-order valence-corrected chi connectivity index (χ3v) is 2.31. The topological polar surface area (TPSA) is 54.9 Å². The first kappa shape index (κ1) is 17.2. The number of guanidine groups is 1. The second kappa shape index (κ2) is 12.6. The third-order valence-electron chi connectivity index (χ3n) is 2.31. The van der Waals surface area contributed by atoms with Crippen LogP contribution < -0.4 is 10.6 Å². The minimum absolute atomic E-state index is 0.260. The third kappa shape index (κ3) is 10.4. The molecule has 18 heavy (non-hydrogen) atoms. The lowest BCUT2D eigenvalue weighted by atomic mass is 10.3. The predicted molar refractivity (Wildman–Crippen MR) is 76.2 cm³/mol. The van der Waals surface area contributed by atoms with Crippen molar-refractivity contribution in [2.45, 2.75) is 39.7 Å². The van der Waals surface area contributed by atoms with Crippen LogP contribution in [0.1, 0.15) is 33.6 Å². The predicted octanol–water partition coefficient (Wildman–Crippen LogP) is 1.39. The van der Waals surface area contributed by atoms with Gasteiger partial charge in [0.2, 0.25) is 0 Å². The molecule has 5 nitrogen and oxygen atoms in total. The van der Waals surface area contributed by atoms with E-state index in [1.807, 2.05) is 6.92 Å². The molecular weight excluding hydrogens is 230 g/mol. The van der Waals surface area contributed by atoms with E-state index in [9.17, 15) is 0 Å². The number of unbranched alkanes of at least 4 members (excludes halogenated alkanes) is 1. The number of rotatable bonds is 10. The second-order valence-electron chi connectivity index (χ2n) is 4.17. The Balaban J connectivity index is 3.84. The fraction of sp³-hybridized carbons (Fsp3) is 0.923. The molecule has 0 aliphatic rings. The molecule has 0 heterocycles. The van der Waals surface area contributed by atoms with Crippen LogP contribution in [-0.4, -0.2) is 52.0 Å². The van der Waals surface area contributed by atoms with Gasteiger partial charge in [-0.05, 0) is 33.6 Å². The summed E-state index contributed by atoms with van der Waals surface area (Å²) in [6.07, 6.45) is 2.11. The van der Waals surface area contributed by atoms with E-state index in [1.54, 1.807) is 7.11 Å². The zero-order valence-electron chi connectivity index (χ0n) is 12.3. The van der Waals surface area contributed by atoms with Gasteiger partial charge in [0.25, 0.3) is 0 Å². The molecule has 0 bridgehead atoms. The normalized spacial score (nSPS) is 13.4. The highest BCUT2D eigenvalue weighted by molar-refractivity contribution is 5.80. The number of nitrogens with one attached hydrogen (secondary N) is 2. The zero-order valence-corrected chi connectivity index (χ0v) is 12.3. The van der Waals surface area contributed by atoms with Crippen LogP contribution in [0, 0.1) is 0 Å². The minimum Gasteiger partial charge on any atom is -0.383 e. The van der Waals surface area contributed by atoms with E-state index in [0.717, 1.165) is 45.1 Å². The Morgan fingerprint density at radius 3 is 2.67 bits per heavy atom. The van der Waals surface area contributed by atoms with Gasteiger partial charge >= 0.3 is 0 Å². The summed E-state index contributed by atoms with van der Waals surface area (Å²) in [6.45, 7) is 10.1. The molecule has 0 aromatic heterocycles. The molecule has 0 spiro atoms. The maximum atomic E-state index is 5.29. The highest BCUT2D eigenvalue weighted by atomic mass is 16.5. The number of aliphatic imine (C=N–C) groups is 1. The highest BCUT2D eigenvalue weighted by Gasteiger charge is 2.03. The van der Waals surface area contributed by atoms with Crippen molar-refractivity contribution in [3.63, 3.8) is 0 Å². The van der Waals surface area contributed by atoms with E-state index in [4.69, 9.17) is 9.47 Å². The minimum atomic E-state index is 0.260. The molecule has 5 heteroatoms. The van der Waals surface area contributed by atoms with Crippen molar-refractivity contribution >= 4 is 5.96 Å². The van der Waals surface area contributed by atoms with Crippen molar-refractivity contribution in [1.29, 1.82) is 0 Å². The summed E-state index contributed by atoms with van der Waals surface area (Å²) in [7, 11) is 1.70. The van der Waals surface area contributed by atoms with Crippen LogP contribution in [0.5, 0.6) is 0 Å². The lowest BCUT2D eigenvalue weighted by Crippen LogP contribution is -2.44. The van der Waals surface area contributed by atoms with Gasteiger partial charge in [0, 0.05) is 39.5 Å². The van der Waals surface area contributed by atoms with Crippen molar-refractivity contribution < 1.29 is 9.47 Å². The van der Waals surface area contributed by atoms with Crippen LogP contribution in [0.25, 0.3) is 0 Å². The molecule has 108 valence electrons. The molecule has 0 saturated carbocycles. The molecule has 0 aromatic rings. The van der Waals surface area contributed by atoms with Gasteiger partial charge in [-0.3, -0.25) is 4.99 Å². The number of hydrogen-bond donors (Lipinski definition) is 2. The summed E-state index contributed by atoms with van der Waals surface area (Å²) in [5.74, 6) is 0.860. The number of nitrogens with zero attached hydrogens (tertiary/aromatic N) is 1. The molecular formula is C13H29N3O2. The van der Waals surface area contributed by atoms with Crippen LogP contribution in [-0.2, 0) is 9.47 Å². The SMILES string of the molecule is CCNC(=NCCCCOCC)NC(C)COC. The summed E-state index contributed by atoms with van der Waals surface area (Å²) in [5.41, 5.74) is 0. The van der Waals surface area contributed by atoms with Gasteiger partial charge in [-0.1, -0.05) is 0 Å². The van der Waals surface area contributed by atoms with Crippen molar-refractivity contribution in [3.05, 3.63) is 0 Å². The molecule has 1 atom stereocenters. The first-order chi connectivity index (χ1) is 8.74. The molecule has 0 aliphatic heterocycles. The van der Waals surface area contributed by atoms with Gasteiger partial charge < -0.3 is 20.1 Å². The molecule has 0 aliphatic carbocycles. The largest absolute Gasteiger partial charge is 0.383 e. The molecule has 0 amide bonds. The van der Waals surface area contributed by atoms with Crippen LogP contribution in [0.4, 0.5) is 0 Å². The van der Waals surface area contributed by atoms with Crippen LogP contribution in [0.2, 0.25) is 0 Å². The summed E-state index contributed by atoms with van der Waals surface area (Å²) >= 11 is 0.